The first-order chi connectivity index (χ1) is 9.85. The van der Waals surface area contributed by atoms with E-state index in [4.69, 9.17) is 5.26 Å². The highest BCUT2D eigenvalue weighted by Crippen LogP contribution is 2.19. The molecule has 0 unspecified atom stereocenters. The molecule has 0 spiro atoms. The van der Waals surface area contributed by atoms with Gasteiger partial charge < -0.3 is 0 Å². The Labute approximate surface area is 119 Å². The van der Waals surface area contributed by atoms with Crippen LogP contribution in [-0.4, -0.2) is 0 Å². The summed E-state index contributed by atoms with van der Waals surface area (Å²) in [6.07, 6.45) is 2.10. The van der Waals surface area contributed by atoms with Gasteiger partial charge in [0.2, 0.25) is 0 Å². The van der Waals surface area contributed by atoms with Crippen molar-refractivity contribution in [2.75, 3.05) is 0 Å². The average Bonchev–Trinajstić information content (AvgIpc) is 2.53. The molecule has 0 saturated carbocycles. The molecule has 0 aliphatic carbocycles. The van der Waals surface area contributed by atoms with Crippen LogP contribution in [0.3, 0.4) is 0 Å². The quantitative estimate of drug-likeness (QED) is 0.678. The monoisotopic (exact) mass is 257 g/mol. The Morgan fingerprint density at radius 1 is 0.700 bits per heavy atom. The van der Waals surface area contributed by atoms with Gasteiger partial charge in [-0.15, -0.1) is 0 Å². The van der Waals surface area contributed by atoms with Gasteiger partial charge in [-0.05, 0) is 46.9 Å². The summed E-state index contributed by atoms with van der Waals surface area (Å²) in [6.45, 7) is 0. The Balaban J connectivity index is 1.81. The standard InChI is InChI=1S/C19H15N/c20-14-17-9-11-18-12-16(8-10-19(18)13-17)7-6-15-4-2-1-3-5-15/h1-5,8-13H,6-7H2. The number of benzene rings is 3. The fourth-order valence-corrected chi connectivity index (χ4v) is 2.45. The lowest BCUT2D eigenvalue weighted by Crippen LogP contribution is -1.91. The van der Waals surface area contributed by atoms with Gasteiger partial charge in [-0.2, -0.15) is 5.26 Å². The van der Waals surface area contributed by atoms with Gasteiger partial charge >= 0.3 is 0 Å². The van der Waals surface area contributed by atoms with Crippen molar-refractivity contribution in [2.45, 2.75) is 12.8 Å². The smallest absolute Gasteiger partial charge is 0.0991 e. The van der Waals surface area contributed by atoms with Gasteiger partial charge in [0.15, 0.2) is 0 Å². The lowest BCUT2D eigenvalue weighted by atomic mass is 10.0. The van der Waals surface area contributed by atoms with Crippen LogP contribution >= 0.6 is 0 Å². The summed E-state index contributed by atoms with van der Waals surface area (Å²) in [6, 6.07) is 25.1. The van der Waals surface area contributed by atoms with Crippen LogP contribution in [0.2, 0.25) is 0 Å². The minimum atomic E-state index is 0.717. The lowest BCUT2D eigenvalue weighted by Gasteiger charge is -2.05. The molecule has 1 nitrogen and oxygen atoms in total. The van der Waals surface area contributed by atoms with Gasteiger partial charge in [0.25, 0.3) is 0 Å². The van der Waals surface area contributed by atoms with Gasteiger partial charge in [-0.25, -0.2) is 0 Å². The lowest BCUT2D eigenvalue weighted by molar-refractivity contribution is 0.962. The maximum Gasteiger partial charge on any atom is 0.0991 e. The number of nitrogens with zero attached hydrogens (tertiary/aromatic N) is 1. The fourth-order valence-electron chi connectivity index (χ4n) is 2.45. The molecule has 0 radical (unpaired) electrons. The molecule has 3 rings (SSSR count). The van der Waals surface area contributed by atoms with Crippen molar-refractivity contribution in [2.24, 2.45) is 0 Å². The maximum atomic E-state index is 8.91. The first-order valence-electron chi connectivity index (χ1n) is 6.82. The molecule has 20 heavy (non-hydrogen) atoms. The van der Waals surface area contributed by atoms with Crippen LogP contribution in [0.1, 0.15) is 16.7 Å². The van der Waals surface area contributed by atoms with Crippen molar-refractivity contribution in [3.8, 4) is 6.07 Å². The first kappa shape index (κ1) is 12.4. The van der Waals surface area contributed by atoms with E-state index in [1.807, 2.05) is 24.3 Å². The molecule has 0 atom stereocenters. The second-order valence-electron chi connectivity index (χ2n) is 4.99. The molecule has 3 aromatic rings. The Morgan fingerprint density at radius 3 is 2.20 bits per heavy atom. The SMILES string of the molecule is N#Cc1ccc2cc(CCc3ccccc3)ccc2c1. The normalized spacial score (nSPS) is 10.3. The molecular formula is C19H15N. The Bertz CT molecular complexity index is 767. The molecule has 0 fully saturated rings. The van der Waals surface area contributed by atoms with E-state index in [0.29, 0.717) is 0 Å². The van der Waals surface area contributed by atoms with E-state index >= 15 is 0 Å². The van der Waals surface area contributed by atoms with Gasteiger partial charge in [0, 0.05) is 0 Å². The summed E-state index contributed by atoms with van der Waals surface area (Å²) >= 11 is 0. The van der Waals surface area contributed by atoms with Crippen molar-refractivity contribution in [3.63, 3.8) is 0 Å². The molecule has 3 aromatic carbocycles. The Hall–Kier alpha value is -2.59. The zero-order valence-corrected chi connectivity index (χ0v) is 11.2. The molecule has 0 aliphatic rings. The van der Waals surface area contributed by atoms with Crippen LogP contribution in [0.15, 0.2) is 66.7 Å². The van der Waals surface area contributed by atoms with Crippen LogP contribution in [-0.2, 0) is 12.8 Å². The minimum Gasteiger partial charge on any atom is -0.192 e. The average molecular weight is 257 g/mol. The molecule has 0 N–H and O–H groups in total. The summed E-state index contributed by atoms with van der Waals surface area (Å²) in [5, 5.41) is 11.2. The third kappa shape index (κ3) is 2.70. The summed E-state index contributed by atoms with van der Waals surface area (Å²) < 4.78 is 0. The Morgan fingerprint density at radius 2 is 1.40 bits per heavy atom. The van der Waals surface area contributed by atoms with Crippen LogP contribution in [0.5, 0.6) is 0 Å². The number of rotatable bonds is 3. The third-order valence-corrected chi connectivity index (χ3v) is 3.58. The minimum absolute atomic E-state index is 0.717. The van der Waals surface area contributed by atoms with Crippen molar-refractivity contribution in [3.05, 3.63) is 83.4 Å². The molecule has 0 heterocycles. The molecule has 0 saturated heterocycles. The Kier molecular flexibility index (Phi) is 3.48. The van der Waals surface area contributed by atoms with Crippen molar-refractivity contribution in [1.29, 1.82) is 5.26 Å². The van der Waals surface area contributed by atoms with E-state index in [0.717, 1.165) is 23.8 Å². The molecule has 0 aliphatic heterocycles. The molecule has 1 heteroatoms. The highest BCUT2D eigenvalue weighted by molar-refractivity contribution is 5.84. The topological polar surface area (TPSA) is 23.8 Å². The highest BCUT2D eigenvalue weighted by Gasteiger charge is 1.99. The summed E-state index contributed by atoms with van der Waals surface area (Å²) in [7, 11) is 0. The van der Waals surface area contributed by atoms with E-state index in [1.165, 1.54) is 16.5 Å². The van der Waals surface area contributed by atoms with E-state index in [-0.39, 0.29) is 0 Å². The predicted octanol–water partition coefficient (Wildman–Crippen LogP) is 4.50. The molecule has 0 aromatic heterocycles. The van der Waals surface area contributed by atoms with Crippen molar-refractivity contribution in [1.82, 2.24) is 0 Å². The summed E-state index contributed by atoms with van der Waals surface area (Å²) in [5.41, 5.74) is 3.42. The van der Waals surface area contributed by atoms with E-state index in [2.05, 4.69) is 48.5 Å². The van der Waals surface area contributed by atoms with Crippen molar-refractivity contribution >= 4 is 10.8 Å². The fraction of sp³-hybridized carbons (Fsp3) is 0.105. The number of fused-ring (bicyclic) bond motifs is 1. The van der Waals surface area contributed by atoms with Gasteiger partial charge in [-0.1, -0.05) is 54.6 Å². The van der Waals surface area contributed by atoms with Crippen LogP contribution in [0.4, 0.5) is 0 Å². The summed E-state index contributed by atoms with van der Waals surface area (Å²) in [5.74, 6) is 0. The molecule has 96 valence electrons. The van der Waals surface area contributed by atoms with Gasteiger partial charge in [0.1, 0.15) is 0 Å². The zero-order valence-electron chi connectivity index (χ0n) is 11.2. The van der Waals surface area contributed by atoms with Gasteiger partial charge in [-0.3, -0.25) is 0 Å². The van der Waals surface area contributed by atoms with Crippen LogP contribution in [0, 0.1) is 11.3 Å². The maximum absolute atomic E-state index is 8.91. The van der Waals surface area contributed by atoms with Crippen LogP contribution < -0.4 is 0 Å². The predicted molar refractivity (Wildman–Crippen MR) is 82.5 cm³/mol. The first-order valence-corrected chi connectivity index (χ1v) is 6.82. The third-order valence-electron chi connectivity index (χ3n) is 3.58. The largest absolute Gasteiger partial charge is 0.192 e. The summed E-state index contributed by atoms with van der Waals surface area (Å²) in [4.78, 5) is 0. The second-order valence-corrected chi connectivity index (χ2v) is 4.99. The van der Waals surface area contributed by atoms with E-state index in [9.17, 15) is 0 Å². The van der Waals surface area contributed by atoms with Crippen LogP contribution in [0.25, 0.3) is 10.8 Å². The molecule has 0 bridgehead atoms. The van der Waals surface area contributed by atoms with E-state index in [1.54, 1.807) is 0 Å². The number of aryl methyl sites for hydroxylation is 2. The second kappa shape index (κ2) is 5.59. The number of hydrogen-bond acceptors (Lipinski definition) is 1. The van der Waals surface area contributed by atoms with Crippen molar-refractivity contribution < 1.29 is 0 Å². The highest BCUT2D eigenvalue weighted by atomic mass is 14.2. The number of nitriles is 1. The zero-order chi connectivity index (χ0) is 13.8. The van der Waals surface area contributed by atoms with Gasteiger partial charge in [0.05, 0.1) is 11.6 Å². The molecule has 0 amide bonds. The number of hydrogen-bond donors (Lipinski definition) is 0. The molecular weight excluding hydrogens is 242 g/mol. The van der Waals surface area contributed by atoms with E-state index < -0.39 is 0 Å².